The van der Waals surface area contributed by atoms with Crippen LogP contribution in [0.1, 0.15) is 363 Å². The molecule has 2 unspecified atom stereocenters. The summed E-state index contributed by atoms with van der Waals surface area (Å²) in [6.45, 7) is 11.8. The molecule has 0 aliphatic rings. The van der Waals surface area contributed by atoms with Gasteiger partial charge in [-0.2, -0.15) is 0 Å². The van der Waals surface area contributed by atoms with Gasteiger partial charge in [-0.3, -0.25) is 37.3 Å². The third-order valence-electron chi connectivity index (χ3n) is 16.6. The third kappa shape index (κ3) is 66.5. The van der Waals surface area contributed by atoms with Crippen molar-refractivity contribution in [2.75, 3.05) is 39.6 Å². The van der Waals surface area contributed by atoms with Crippen LogP contribution in [0.4, 0.5) is 0 Å². The minimum atomic E-state index is -4.95. The van der Waals surface area contributed by atoms with Gasteiger partial charge in [0.05, 0.1) is 26.4 Å². The molecule has 0 aliphatic heterocycles. The molecule has 540 valence electrons. The Kier molecular flexibility index (Phi) is 61.5. The molecule has 0 aliphatic carbocycles. The minimum absolute atomic E-state index is 0.105. The molecular weight excluding hydrogens is 1200 g/mol. The molecule has 0 rings (SSSR count). The number of aliphatic hydroxyl groups is 1. The van der Waals surface area contributed by atoms with Crippen LogP contribution in [0.25, 0.3) is 0 Å². The number of carbonyl (C=O) groups excluding carboxylic acids is 4. The lowest BCUT2D eigenvalue weighted by molar-refractivity contribution is -0.161. The maximum Gasteiger partial charge on any atom is 0.472 e. The molecule has 17 nitrogen and oxygen atoms in total. The first-order valence-corrected chi connectivity index (χ1v) is 40.3. The molecule has 91 heavy (non-hydrogen) atoms. The Bertz CT molecular complexity index is 1780. The van der Waals surface area contributed by atoms with Crippen LogP contribution in [0.3, 0.4) is 0 Å². The van der Waals surface area contributed by atoms with Gasteiger partial charge in [-0.15, -0.1) is 0 Å². The van der Waals surface area contributed by atoms with Crippen molar-refractivity contribution in [2.24, 2.45) is 17.8 Å². The van der Waals surface area contributed by atoms with Crippen molar-refractivity contribution in [3.8, 4) is 0 Å². The van der Waals surface area contributed by atoms with Crippen LogP contribution in [-0.4, -0.2) is 96.7 Å². The second-order valence-electron chi connectivity index (χ2n) is 27.4. The number of hydrogen-bond donors (Lipinski definition) is 3. The van der Waals surface area contributed by atoms with E-state index < -0.39 is 97.5 Å². The second kappa shape index (κ2) is 62.8. The molecule has 19 heteroatoms. The molecule has 0 spiro atoms. The van der Waals surface area contributed by atoms with Crippen LogP contribution in [-0.2, 0) is 65.4 Å². The van der Waals surface area contributed by atoms with Gasteiger partial charge in [0.2, 0.25) is 0 Å². The van der Waals surface area contributed by atoms with Crippen LogP contribution >= 0.6 is 15.6 Å². The number of unbranched alkanes of at least 4 members (excludes halogenated alkanes) is 38. The molecule has 0 saturated heterocycles. The number of aliphatic hydroxyl groups excluding tert-OH is 1. The Balaban J connectivity index is 5.25. The summed E-state index contributed by atoms with van der Waals surface area (Å²) in [6, 6.07) is 0. The van der Waals surface area contributed by atoms with Gasteiger partial charge in [0.25, 0.3) is 0 Å². The second-order valence-corrected chi connectivity index (χ2v) is 30.3. The fourth-order valence-electron chi connectivity index (χ4n) is 10.9. The van der Waals surface area contributed by atoms with Gasteiger partial charge in [-0.1, -0.05) is 312 Å². The summed E-state index contributed by atoms with van der Waals surface area (Å²) < 4.78 is 68.4. The average Bonchev–Trinajstić information content (AvgIpc) is 3.22. The zero-order valence-electron chi connectivity index (χ0n) is 59.3. The summed E-state index contributed by atoms with van der Waals surface area (Å²) in [5.74, 6) is 0.0784. The molecule has 0 radical (unpaired) electrons. The Morgan fingerprint density at radius 3 is 0.747 bits per heavy atom. The highest BCUT2D eigenvalue weighted by atomic mass is 31.2. The van der Waals surface area contributed by atoms with Crippen molar-refractivity contribution in [1.29, 1.82) is 0 Å². The van der Waals surface area contributed by atoms with E-state index in [1.54, 1.807) is 0 Å². The van der Waals surface area contributed by atoms with Crippen molar-refractivity contribution in [1.82, 2.24) is 0 Å². The summed E-state index contributed by atoms with van der Waals surface area (Å²) >= 11 is 0. The SMILES string of the molecule is CCCCCCCCCCCCCCCCCC(=O)O[C@H](COC(=O)CCCCCCCCCCCCCC(C)C)COP(=O)(O)OC[C@@H](O)COP(=O)(O)OC[C@@H](COC(=O)CCCCCCCCC(C)C)OC(=O)CCCCCCCCCCCCC(C)C. The Labute approximate surface area is 556 Å². The molecule has 0 aromatic heterocycles. The van der Waals surface area contributed by atoms with Crippen molar-refractivity contribution >= 4 is 39.5 Å². The van der Waals surface area contributed by atoms with Crippen LogP contribution < -0.4 is 0 Å². The standard InChI is InChI=1S/C72H140O17P2/c1-8-9-10-11-12-13-14-15-16-17-20-27-32-41-48-55-71(76)88-67(59-82-69(74)53-46-39-31-26-21-18-19-24-29-36-43-50-63(2)3)61-86-90(78,79)84-57-66(73)58-85-91(80,81)87-62-68(60-83-70(75)54-47-40-35-34-38-45-52-65(6)7)89-72(77)56-49-42-33-28-23-22-25-30-37-44-51-64(4)5/h63-68,73H,8-62H2,1-7H3,(H,78,79)(H,80,81)/t66-,67-,68-/m1/s1. The number of phosphoric acid groups is 2. The third-order valence-corrected chi connectivity index (χ3v) is 18.5. The number of rotatable bonds is 70. The first kappa shape index (κ1) is 89.1. The molecule has 5 atom stereocenters. The lowest BCUT2D eigenvalue weighted by atomic mass is 10.0. The molecule has 0 bridgehead atoms. The van der Waals surface area contributed by atoms with Gasteiger partial charge < -0.3 is 33.8 Å². The molecule has 0 heterocycles. The minimum Gasteiger partial charge on any atom is -0.462 e. The largest absolute Gasteiger partial charge is 0.472 e. The smallest absolute Gasteiger partial charge is 0.462 e. The topological polar surface area (TPSA) is 237 Å². The van der Waals surface area contributed by atoms with Crippen LogP contribution in [0, 0.1) is 17.8 Å². The highest BCUT2D eigenvalue weighted by molar-refractivity contribution is 7.47. The lowest BCUT2D eigenvalue weighted by Gasteiger charge is -2.21. The average molecular weight is 1340 g/mol. The van der Waals surface area contributed by atoms with E-state index >= 15 is 0 Å². The highest BCUT2D eigenvalue weighted by Gasteiger charge is 2.30. The number of carbonyl (C=O) groups is 4. The van der Waals surface area contributed by atoms with Crippen molar-refractivity contribution in [3.05, 3.63) is 0 Å². The van der Waals surface area contributed by atoms with Crippen molar-refractivity contribution < 1.29 is 80.2 Å². The van der Waals surface area contributed by atoms with E-state index in [-0.39, 0.29) is 25.7 Å². The van der Waals surface area contributed by atoms with Gasteiger partial charge in [0, 0.05) is 25.7 Å². The molecule has 3 N–H and O–H groups in total. The van der Waals surface area contributed by atoms with E-state index in [1.807, 2.05) is 0 Å². The van der Waals surface area contributed by atoms with E-state index in [1.165, 1.54) is 167 Å². The Hall–Kier alpha value is -1.94. The highest BCUT2D eigenvalue weighted by Crippen LogP contribution is 2.45. The summed E-state index contributed by atoms with van der Waals surface area (Å²) in [5.41, 5.74) is 0. The Morgan fingerprint density at radius 2 is 0.505 bits per heavy atom. The molecule has 0 amide bonds. The summed E-state index contributed by atoms with van der Waals surface area (Å²) in [7, 11) is -9.90. The van der Waals surface area contributed by atoms with E-state index in [4.69, 9.17) is 37.0 Å². The lowest BCUT2D eigenvalue weighted by Crippen LogP contribution is -2.30. The van der Waals surface area contributed by atoms with E-state index in [0.29, 0.717) is 31.6 Å². The molecular formula is C72H140O17P2. The first-order chi connectivity index (χ1) is 43.7. The van der Waals surface area contributed by atoms with Gasteiger partial charge in [0.15, 0.2) is 12.2 Å². The summed E-state index contributed by atoms with van der Waals surface area (Å²) in [5, 5.41) is 10.6. The van der Waals surface area contributed by atoms with Gasteiger partial charge in [-0.05, 0) is 43.4 Å². The Morgan fingerprint density at radius 1 is 0.297 bits per heavy atom. The van der Waals surface area contributed by atoms with E-state index in [9.17, 15) is 43.2 Å². The van der Waals surface area contributed by atoms with Crippen LogP contribution in [0.2, 0.25) is 0 Å². The van der Waals surface area contributed by atoms with Gasteiger partial charge >= 0.3 is 39.5 Å². The first-order valence-electron chi connectivity index (χ1n) is 37.3. The van der Waals surface area contributed by atoms with Crippen LogP contribution in [0.15, 0.2) is 0 Å². The van der Waals surface area contributed by atoms with Crippen molar-refractivity contribution in [2.45, 2.75) is 381 Å². The zero-order valence-corrected chi connectivity index (χ0v) is 61.1. The summed E-state index contributed by atoms with van der Waals surface area (Å²) in [4.78, 5) is 72.6. The fourth-order valence-corrected chi connectivity index (χ4v) is 12.5. The normalized spacial score (nSPS) is 14.2. The predicted octanol–water partition coefficient (Wildman–Crippen LogP) is 20.6. The molecule has 0 fully saturated rings. The number of ether oxygens (including phenoxy) is 4. The van der Waals surface area contributed by atoms with Crippen LogP contribution in [0.5, 0.6) is 0 Å². The van der Waals surface area contributed by atoms with Gasteiger partial charge in [-0.25, -0.2) is 9.13 Å². The van der Waals surface area contributed by atoms with E-state index in [2.05, 4.69) is 48.5 Å². The molecule has 0 aromatic rings. The predicted molar refractivity (Wildman–Crippen MR) is 368 cm³/mol. The van der Waals surface area contributed by atoms with Crippen molar-refractivity contribution in [3.63, 3.8) is 0 Å². The molecule has 0 saturated carbocycles. The number of phosphoric ester groups is 2. The number of esters is 4. The summed E-state index contributed by atoms with van der Waals surface area (Å²) in [6.07, 6.45) is 47.3. The monoisotopic (exact) mass is 1340 g/mol. The quantitative estimate of drug-likeness (QED) is 0.0222. The number of hydrogen-bond acceptors (Lipinski definition) is 15. The fraction of sp³-hybridized carbons (Fsp3) is 0.944. The maximum atomic E-state index is 13.0. The van der Waals surface area contributed by atoms with Gasteiger partial charge in [0.1, 0.15) is 19.3 Å². The maximum absolute atomic E-state index is 13.0. The zero-order chi connectivity index (χ0) is 67.3. The van der Waals surface area contributed by atoms with E-state index in [0.717, 1.165) is 108 Å². The molecule has 0 aromatic carbocycles.